The summed E-state index contributed by atoms with van der Waals surface area (Å²) in [5.41, 5.74) is -0.0748. The maximum absolute atomic E-state index is 12.5. The third-order valence-electron chi connectivity index (χ3n) is 3.85. The molecule has 0 radical (unpaired) electrons. The van der Waals surface area contributed by atoms with Crippen molar-refractivity contribution in [2.45, 2.75) is 58.4 Å². The molecule has 4 nitrogen and oxygen atoms in total. The van der Waals surface area contributed by atoms with Gasteiger partial charge in [-0.1, -0.05) is 45.2 Å². The van der Waals surface area contributed by atoms with Crippen LogP contribution >= 0.6 is 11.6 Å². The lowest BCUT2D eigenvalue weighted by atomic mass is 9.85. The molecule has 1 aromatic rings. The van der Waals surface area contributed by atoms with Crippen molar-refractivity contribution in [2.24, 2.45) is 0 Å². The number of carbonyl (C=O) groups is 1. The van der Waals surface area contributed by atoms with Crippen LogP contribution in [0.4, 0.5) is 0 Å². The Kier molecular flexibility index (Phi) is 6.34. The van der Waals surface area contributed by atoms with Crippen LogP contribution in [0.5, 0.6) is 11.5 Å². The van der Waals surface area contributed by atoms with E-state index in [0.29, 0.717) is 0 Å². The molecule has 1 amide bonds. The first-order chi connectivity index (χ1) is 9.90. The van der Waals surface area contributed by atoms with E-state index in [0.717, 1.165) is 32.1 Å². The summed E-state index contributed by atoms with van der Waals surface area (Å²) in [6.07, 6.45) is 4.57. The quantitative estimate of drug-likeness (QED) is 0.660. The first-order valence-corrected chi connectivity index (χ1v) is 7.81. The van der Waals surface area contributed by atoms with Crippen LogP contribution in [0.1, 0.15) is 63.2 Å². The molecular formula is C16H24ClNO3. The van der Waals surface area contributed by atoms with E-state index in [9.17, 15) is 15.0 Å². The predicted molar refractivity (Wildman–Crippen MR) is 85.1 cm³/mol. The lowest BCUT2D eigenvalue weighted by Crippen LogP contribution is -2.48. The van der Waals surface area contributed by atoms with Crippen molar-refractivity contribution in [1.82, 2.24) is 5.32 Å². The molecule has 0 heterocycles. The number of nitrogens with one attached hydrogen (secondary N) is 1. The second-order valence-corrected chi connectivity index (χ2v) is 5.76. The number of phenolic OH excluding ortho intramolecular Hbond substituents is 2. The number of benzene rings is 1. The molecule has 0 unspecified atom stereocenters. The van der Waals surface area contributed by atoms with Crippen molar-refractivity contribution in [1.29, 1.82) is 0 Å². The molecule has 1 aromatic carbocycles. The minimum atomic E-state index is -0.461. The second kappa shape index (κ2) is 7.55. The Balaban J connectivity index is 3.05. The number of halogens is 1. The molecule has 0 fully saturated rings. The minimum absolute atomic E-state index is 0.120. The Morgan fingerprint density at radius 3 is 2.24 bits per heavy atom. The molecule has 118 valence electrons. The first kappa shape index (κ1) is 17.6. The Morgan fingerprint density at radius 2 is 1.76 bits per heavy atom. The average molecular weight is 314 g/mol. The molecule has 0 atom stereocenters. The van der Waals surface area contributed by atoms with Crippen LogP contribution in [0.3, 0.4) is 0 Å². The van der Waals surface area contributed by atoms with Crippen molar-refractivity contribution < 1.29 is 15.0 Å². The van der Waals surface area contributed by atoms with E-state index in [4.69, 9.17) is 11.6 Å². The van der Waals surface area contributed by atoms with E-state index in [1.165, 1.54) is 12.1 Å². The molecule has 0 bridgehead atoms. The van der Waals surface area contributed by atoms with Gasteiger partial charge in [-0.15, -0.1) is 0 Å². The molecule has 0 aliphatic rings. The van der Waals surface area contributed by atoms with E-state index in [1.54, 1.807) is 0 Å². The monoisotopic (exact) mass is 313 g/mol. The third kappa shape index (κ3) is 4.03. The Labute approximate surface area is 131 Å². The van der Waals surface area contributed by atoms with E-state index in [1.807, 2.05) is 0 Å². The molecule has 0 aliphatic carbocycles. The summed E-state index contributed by atoms with van der Waals surface area (Å²) >= 11 is 5.95. The fourth-order valence-corrected chi connectivity index (χ4v) is 2.93. The van der Waals surface area contributed by atoms with Gasteiger partial charge in [-0.05, 0) is 31.4 Å². The number of phenols is 2. The van der Waals surface area contributed by atoms with Crippen LogP contribution < -0.4 is 5.32 Å². The Bertz CT molecular complexity index is 497. The highest BCUT2D eigenvalue weighted by Gasteiger charge is 2.29. The smallest absolute Gasteiger partial charge is 0.253 e. The fourth-order valence-electron chi connectivity index (χ4n) is 2.69. The number of hydrogen-bond acceptors (Lipinski definition) is 3. The van der Waals surface area contributed by atoms with Gasteiger partial charge in [0.1, 0.15) is 0 Å². The SMILES string of the molecule is CCCC(CC)(CCC)NC(=O)c1ccc(O)c(O)c1Cl. The van der Waals surface area contributed by atoms with Crippen LogP contribution in [0, 0.1) is 0 Å². The Hall–Kier alpha value is -1.42. The van der Waals surface area contributed by atoms with Crippen LogP contribution in [-0.2, 0) is 0 Å². The van der Waals surface area contributed by atoms with Crippen molar-refractivity contribution in [3.8, 4) is 11.5 Å². The standard InChI is InChI=1S/C16H24ClNO3/c1-4-9-16(6-3,10-5-2)18-15(21)11-7-8-12(19)14(20)13(11)17/h7-8,19-20H,4-6,9-10H2,1-3H3,(H,18,21). The van der Waals surface area contributed by atoms with E-state index >= 15 is 0 Å². The van der Waals surface area contributed by atoms with Crippen LogP contribution in [0.2, 0.25) is 5.02 Å². The van der Waals surface area contributed by atoms with Gasteiger partial charge < -0.3 is 15.5 Å². The highest BCUT2D eigenvalue weighted by Crippen LogP contribution is 2.36. The molecule has 0 saturated carbocycles. The van der Waals surface area contributed by atoms with Crippen molar-refractivity contribution in [3.63, 3.8) is 0 Å². The molecule has 0 aliphatic heterocycles. The Morgan fingerprint density at radius 1 is 1.19 bits per heavy atom. The number of aromatic hydroxyl groups is 2. The number of rotatable bonds is 7. The summed E-state index contributed by atoms with van der Waals surface area (Å²) in [4.78, 5) is 12.5. The lowest BCUT2D eigenvalue weighted by Gasteiger charge is -2.34. The van der Waals surface area contributed by atoms with Gasteiger partial charge in [0, 0.05) is 5.54 Å². The average Bonchev–Trinajstić information content (AvgIpc) is 2.45. The second-order valence-electron chi connectivity index (χ2n) is 5.38. The van der Waals surface area contributed by atoms with Gasteiger partial charge in [0.25, 0.3) is 5.91 Å². The van der Waals surface area contributed by atoms with E-state index < -0.39 is 5.75 Å². The van der Waals surface area contributed by atoms with Gasteiger partial charge >= 0.3 is 0 Å². The zero-order valence-corrected chi connectivity index (χ0v) is 13.6. The lowest BCUT2D eigenvalue weighted by molar-refractivity contribution is 0.0880. The van der Waals surface area contributed by atoms with Crippen LogP contribution in [0.15, 0.2) is 12.1 Å². The molecule has 3 N–H and O–H groups in total. The fraction of sp³-hybridized carbons (Fsp3) is 0.562. The maximum atomic E-state index is 12.5. The van der Waals surface area contributed by atoms with Gasteiger partial charge in [0.15, 0.2) is 11.5 Å². The largest absolute Gasteiger partial charge is 0.504 e. The summed E-state index contributed by atoms with van der Waals surface area (Å²) in [5, 5.41) is 22.0. The van der Waals surface area contributed by atoms with Gasteiger partial charge in [-0.25, -0.2) is 0 Å². The molecule has 5 heteroatoms. The molecule has 0 saturated heterocycles. The predicted octanol–water partition coefficient (Wildman–Crippen LogP) is 4.23. The first-order valence-electron chi connectivity index (χ1n) is 7.43. The van der Waals surface area contributed by atoms with Crippen molar-refractivity contribution >= 4 is 17.5 Å². The van der Waals surface area contributed by atoms with Gasteiger partial charge in [-0.2, -0.15) is 0 Å². The molecule has 1 rings (SSSR count). The zero-order chi connectivity index (χ0) is 16.0. The summed E-state index contributed by atoms with van der Waals surface area (Å²) < 4.78 is 0. The summed E-state index contributed by atoms with van der Waals surface area (Å²) in [6, 6.07) is 2.69. The summed E-state index contributed by atoms with van der Waals surface area (Å²) in [6.45, 7) is 6.23. The molecule has 21 heavy (non-hydrogen) atoms. The summed E-state index contributed by atoms with van der Waals surface area (Å²) in [7, 11) is 0. The third-order valence-corrected chi connectivity index (χ3v) is 4.23. The van der Waals surface area contributed by atoms with Crippen LogP contribution in [-0.4, -0.2) is 21.7 Å². The van der Waals surface area contributed by atoms with Gasteiger partial charge in [0.2, 0.25) is 0 Å². The number of carbonyl (C=O) groups excluding carboxylic acids is 1. The van der Waals surface area contributed by atoms with E-state index in [-0.39, 0.29) is 27.8 Å². The molecule has 0 aromatic heterocycles. The highest BCUT2D eigenvalue weighted by molar-refractivity contribution is 6.35. The highest BCUT2D eigenvalue weighted by atomic mass is 35.5. The minimum Gasteiger partial charge on any atom is -0.504 e. The zero-order valence-electron chi connectivity index (χ0n) is 12.9. The van der Waals surface area contributed by atoms with Gasteiger partial charge in [0.05, 0.1) is 10.6 Å². The van der Waals surface area contributed by atoms with Crippen molar-refractivity contribution in [3.05, 3.63) is 22.7 Å². The van der Waals surface area contributed by atoms with E-state index in [2.05, 4.69) is 26.1 Å². The number of hydrogen-bond donors (Lipinski definition) is 3. The summed E-state index contributed by atoms with van der Waals surface area (Å²) in [5.74, 6) is -1.11. The molecular weight excluding hydrogens is 290 g/mol. The van der Waals surface area contributed by atoms with Gasteiger partial charge in [-0.3, -0.25) is 4.79 Å². The normalized spacial score (nSPS) is 11.4. The maximum Gasteiger partial charge on any atom is 0.253 e. The topological polar surface area (TPSA) is 69.6 Å². The van der Waals surface area contributed by atoms with Crippen LogP contribution in [0.25, 0.3) is 0 Å². The number of amides is 1. The van der Waals surface area contributed by atoms with Crippen molar-refractivity contribution in [2.75, 3.05) is 0 Å². The molecule has 0 spiro atoms.